The van der Waals surface area contributed by atoms with E-state index in [0.29, 0.717) is 12.2 Å². The lowest BCUT2D eigenvalue weighted by molar-refractivity contribution is -0.0228. The van der Waals surface area contributed by atoms with Gasteiger partial charge >= 0.3 is 0 Å². The van der Waals surface area contributed by atoms with Crippen LogP contribution in [0.1, 0.15) is 23.8 Å². The number of aromatic nitrogens is 2. The summed E-state index contributed by atoms with van der Waals surface area (Å²) < 4.78 is 5.66. The molecule has 1 aliphatic heterocycles. The minimum atomic E-state index is -0.645. The molecule has 2 N–H and O–H groups in total. The minimum Gasteiger partial charge on any atom is -0.394 e. The van der Waals surface area contributed by atoms with Crippen LogP contribution in [0.25, 0.3) is 11.4 Å². The molecule has 2 aromatic rings. The van der Waals surface area contributed by atoms with E-state index in [2.05, 4.69) is 9.97 Å². The highest BCUT2D eigenvalue weighted by Crippen LogP contribution is 2.34. The Balaban J connectivity index is 1.86. The quantitative estimate of drug-likeness (QED) is 0.897. The van der Waals surface area contributed by atoms with Crippen LogP contribution in [0.5, 0.6) is 0 Å². The lowest BCUT2D eigenvalue weighted by atomic mass is 10.0. The molecule has 2 heterocycles. The molecule has 0 amide bonds. The second-order valence-electron chi connectivity index (χ2n) is 5.25. The lowest BCUT2D eigenvalue weighted by Gasteiger charge is -2.14. The van der Waals surface area contributed by atoms with Gasteiger partial charge in [0.05, 0.1) is 18.8 Å². The van der Waals surface area contributed by atoms with E-state index in [1.807, 2.05) is 37.3 Å². The molecule has 0 saturated carbocycles. The van der Waals surface area contributed by atoms with E-state index in [-0.39, 0.29) is 12.7 Å². The molecule has 0 unspecified atom stereocenters. The smallest absolute Gasteiger partial charge is 0.159 e. The van der Waals surface area contributed by atoms with Gasteiger partial charge in [0.2, 0.25) is 0 Å². The Morgan fingerprint density at radius 1 is 1.29 bits per heavy atom. The molecule has 3 atom stereocenters. The number of aryl methyl sites for hydroxylation is 1. The van der Waals surface area contributed by atoms with Crippen LogP contribution >= 0.6 is 0 Å². The summed E-state index contributed by atoms with van der Waals surface area (Å²) in [5.41, 5.74) is 2.66. The number of benzene rings is 1. The highest BCUT2D eigenvalue weighted by molar-refractivity contribution is 5.54. The lowest BCUT2D eigenvalue weighted by Crippen LogP contribution is -2.24. The monoisotopic (exact) mass is 286 g/mol. The predicted molar refractivity (Wildman–Crippen MR) is 77.5 cm³/mol. The van der Waals surface area contributed by atoms with Crippen molar-refractivity contribution in [2.24, 2.45) is 0 Å². The summed E-state index contributed by atoms with van der Waals surface area (Å²) in [6.07, 6.45) is 0.778. The van der Waals surface area contributed by atoms with E-state index >= 15 is 0 Å². The zero-order valence-corrected chi connectivity index (χ0v) is 11.8. The molecule has 1 aromatic carbocycles. The Hall–Kier alpha value is -1.82. The first-order chi connectivity index (χ1) is 10.2. The van der Waals surface area contributed by atoms with Crippen LogP contribution in [0.2, 0.25) is 0 Å². The van der Waals surface area contributed by atoms with Gasteiger partial charge in [-0.05, 0) is 6.92 Å². The molecule has 1 aromatic heterocycles. The maximum atomic E-state index is 9.82. The fraction of sp³-hybridized carbons (Fsp3) is 0.375. The highest BCUT2D eigenvalue weighted by Gasteiger charge is 2.35. The summed E-state index contributed by atoms with van der Waals surface area (Å²) in [6, 6.07) is 9.78. The van der Waals surface area contributed by atoms with Gasteiger partial charge < -0.3 is 14.9 Å². The van der Waals surface area contributed by atoms with Crippen molar-refractivity contribution in [1.29, 1.82) is 0 Å². The Bertz CT molecular complexity index is 618. The molecule has 0 radical (unpaired) electrons. The van der Waals surface area contributed by atoms with Gasteiger partial charge in [-0.25, -0.2) is 9.97 Å². The van der Waals surface area contributed by atoms with E-state index in [0.717, 1.165) is 16.8 Å². The minimum absolute atomic E-state index is 0.181. The van der Waals surface area contributed by atoms with Crippen LogP contribution in [-0.2, 0) is 4.74 Å². The second kappa shape index (κ2) is 5.89. The fourth-order valence-corrected chi connectivity index (χ4v) is 2.61. The van der Waals surface area contributed by atoms with Crippen molar-refractivity contribution in [3.8, 4) is 11.4 Å². The van der Waals surface area contributed by atoms with Gasteiger partial charge in [-0.2, -0.15) is 0 Å². The van der Waals surface area contributed by atoms with Gasteiger partial charge in [0.15, 0.2) is 5.82 Å². The fourth-order valence-electron chi connectivity index (χ4n) is 2.61. The number of rotatable bonds is 3. The Kier molecular flexibility index (Phi) is 3.96. The molecule has 5 heteroatoms. The van der Waals surface area contributed by atoms with Crippen molar-refractivity contribution >= 4 is 0 Å². The number of hydrogen-bond acceptors (Lipinski definition) is 5. The number of ether oxygens (including phenoxy) is 1. The third-order valence-corrected chi connectivity index (χ3v) is 3.80. The molecule has 1 saturated heterocycles. The number of aliphatic hydroxyl groups is 2. The molecule has 0 spiro atoms. The maximum Gasteiger partial charge on any atom is 0.159 e. The number of nitrogens with zero attached hydrogens (tertiary/aromatic N) is 2. The number of aliphatic hydroxyl groups excluding tert-OH is 2. The molecule has 0 bridgehead atoms. The maximum absolute atomic E-state index is 9.82. The standard InChI is InChI=1S/C16H18N2O3/c1-10-12(14-7-13(20)15(9-19)21-14)8-17-16(18-10)11-5-3-2-4-6-11/h2-6,8,13-15,19-20H,7,9H2,1H3/t13-,14+,15+/m0/s1. The Morgan fingerprint density at radius 2 is 2.05 bits per heavy atom. The SMILES string of the molecule is Cc1nc(-c2ccccc2)ncc1[C@H]1C[C@H](O)[C@@H](CO)O1. The summed E-state index contributed by atoms with van der Waals surface area (Å²) in [7, 11) is 0. The van der Waals surface area contributed by atoms with E-state index in [1.165, 1.54) is 0 Å². The summed E-state index contributed by atoms with van der Waals surface area (Å²) in [4.78, 5) is 8.92. The molecule has 5 nitrogen and oxygen atoms in total. The van der Waals surface area contributed by atoms with Gasteiger partial charge in [0.25, 0.3) is 0 Å². The summed E-state index contributed by atoms with van der Waals surface area (Å²) in [6.45, 7) is 1.73. The first-order valence-electron chi connectivity index (χ1n) is 7.02. The molecule has 21 heavy (non-hydrogen) atoms. The van der Waals surface area contributed by atoms with Crippen LogP contribution in [0.3, 0.4) is 0 Å². The van der Waals surface area contributed by atoms with E-state index < -0.39 is 12.2 Å². The topological polar surface area (TPSA) is 75.5 Å². The molecule has 1 aliphatic rings. The highest BCUT2D eigenvalue weighted by atomic mass is 16.5. The molecule has 110 valence electrons. The predicted octanol–water partition coefficient (Wildman–Crippen LogP) is 1.64. The largest absolute Gasteiger partial charge is 0.394 e. The van der Waals surface area contributed by atoms with Crippen molar-refractivity contribution in [3.63, 3.8) is 0 Å². The molecule has 3 rings (SSSR count). The zero-order valence-electron chi connectivity index (χ0n) is 11.8. The van der Waals surface area contributed by atoms with Gasteiger partial charge in [-0.3, -0.25) is 0 Å². The summed E-state index contributed by atoms with van der Waals surface area (Å²) in [5, 5.41) is 19.0. The molecule has 0 aliphatic carbocycles. The molecular formula is C16H18N2O3. The van der Waals surface area contributed by atoms with Crippen LogP contribution in [0, 0.1) is 6.92 Å². The first-order valence-corrected chi connectivity index (χ1v) is 7.02. The third-order valence-electron chi connectivity index (χ3n) is 3.80. The normalized spacial score (nSPS) is 25.2. The average molecular weight is 286 g/mol. The van der Waals surface area contributed by atoms with Gasteiger partial charge in [0, 0.05) is 29.4 Å². The van der Waals surface area contributed by atoms with Crippen LogP contribution in [0.15, 0.2) is 36.5 Å². The van der Waals surface area contributed by atoms with Gasteiger partial charge in [-0.1, -0.05) is 30.3 Å². The van der Waals surface area contributed by atoms with E-state index in [9.17, 15) is 5.11 Å². The Morgan fingerprint density at radius 3 is 2.67 bits per heavy atom. The number of hydrogen-bond donors (Lipinski definition) is 2. The third kappa shape index (κ3) is 2.81. The van der Waals surface area contributed by atoms with Crippen molar-refractivity contribution in [1.82, 2.24) is 9.97 Å². The second-order valence-corrected chi connectivity index (χ2v) is 5.25. The van der Waals surface area contributed by atoms with Crippen molar-refractivity contribution in [2.45, 2.75) is 31.7 Å². The Labute approximate surface area is 123 Å². The van der Waals surface area contributed by atoms with E-state index in [4.69, 9.17) is 9.84 Å². The first kappa shape index (κ1) is 14.1. The molecular weight excluding hydrogens is 268 g/mol. The van der Waals surface area contributed by atoms with Crippen LogP contribution in [0.4, 0.5) is 0 Å². The van der Waals surface area contributed by atoms with Crippen molar-refractivity contribution in [3.05, 3.63) is 47.8 Å². The van der Waals surface area contributed by atoms with Crippen molar-refractivity contribution < 1.29 is 14.9 Å². The molecule has 1 fully saturated rings. The summed E-state index contributed by atoms with van der Waals surface area (Å²) >= 11 is 0. The van der Waals surface area contributed by atoms with Crippen molar-refractivity contribution in [2.75, 3.05) is 6.61 Å². The summed E-state index contributed by atoms with van der Waals surface area (Å²) in [5.74, 6) is 0.675. The zero-order chi connectivity index (χ0) is 14.8. The van der Waals surface area contributed by atoms with Crippen LogP contribution in [-0.4, -0.2) is 39.0 Å². The van der Waals surface area contributed by atoms with Gasteiger partial charge in [-0.15, -0.1) is 0 Å². The van der Waals surface area contributed by atoms with E-state index in [1.54, 1.807) is 6.20 Å². The average Bonchev–Trinajstić information content (AvgIpc) is 2.89. The van der Waals surface area contributed by atoms with Crippen LogP contribution < -0.4 is 0 Å². The van der Waals surface area contributed by atoms with Gasteiger partial charge in [0.1, 0.15) is 6.10 Å².